The summed E-state index contributed by atoms with van der Waals surface area (Å²) in [6.45, 7) is 18.1. The summed E-state index contributed by atoms with van der Waals surface area (Å²) >= 11 is 0. The zero-order valence-electron chi connectivity index (χ0n) is 25.4. The van der Waals surface area contributed by atoms with Gasteiger partial charge in [-0.15, -0.1) is 0 Å². The molecule has 0 aliphatic rings. The Balaban J connectivity index is 2.16. The van der Waals surface area contributed by atoms with Crippen molar-refractivity contribution in [3.63, 3.8) is 0 Å². The zero-order valence-corrected chi connectivity index (χ0v) is 26.4. The standard InChI is InChI=1S/C31H42N2O7Si/c1-19-16-20(28(36)37)10-11-21(19)17-33(29(38)39-30(2,3)4)18-25(40-41(8,9)31(5,6)7)22-12-14-24(34)27-23(22)13-15-26(35)32-27/h10-16,25,34H,17-18H2,1-9H3,(H,32,35)(H,36,37). The number of nitrogens with zero attached hydrogens (tertiary/aromatic N) is 1. The van der Waals surface area contributed by atoms with Gasteiger partial charge in [-0.25, -0.2) is 9.59 Å². The molecule has 1 unspecified atom stereocenters. The van der Waals surface area contributed by atoms with Gasteiger partial charge >= 0.3 is 12.1 Å². The number of nitrogens with one attached hydrogen (secondary N) is 1. The maximum absolute atomic E-state index is 13.6. The molecule has 1 heterocycles. The van der Waals surface area contributed by atoms with Gasteiger partial charge in [0, 0.05) is 18.0 Å². The molecule has 0 bridgehead atoms. The second-order valence-electron chi connectivity index (χ2n) is 13.0. The number of amides is 1. The van der Waals surface area contributed by atoms with Gasteiger partial charge in [0.1, 0.15) is 11.4 Å². The van der Waals surface area contributed by atoms with Crippen LogP contribution in [0.3, 0.4) is 0 Å². The van der Waals surface area contributed by atoms with Crippen molar-refractivity contribution in [3.05, 3.63) is 75.1 Å². The summed E-state index contributed by atoms with van der Waals surface area (Å²) in [5.74, 6) is -1.09. The molecule has 1 atom stereocenters. The number of carbonyl (C=O) groups is 2. The van der Waals surface area contributed by atoms with Crippen LogP contribution >= 0.6 is 0 Å². The molecule has 0 aliphatic heterocycles. The molecule has 0 saturated heterocycles. The number of H-pyrrole nitrogens is 1. The molecule has 3 N–H and O–H groups in total. The summed E-state index contributed by atoms with van der Waals surface area (Å²) in [4.78, 5) is 41.5. The third kappa shape index (κ3) is 7.77. The Kier molecular flexibility index (Phi) is 9.10. The molecule has 0 radical (unpaired) electrons. The van der Waals surface area contributed by atoms with E-state index in [-0.39, 0.29) is 35.0 Å². The smallest absolute Gasteiger partial charge is 0.410 e. The lowest BCUT2D eigenvalue weighted by molar-refractivity contribution is 0.0137. The van der Waals surface area contributed by atoms with Crippen LogP contribution in [-0.2, 0) is 15.7 Å². The van der Waals surface area contributed by atoms with Gasteiger partial charge in [0.05, 0.1) is 23.7 Å². The fourth-order valence-electron chi connectivity index (χ4n) is 4.21. The number of benzene rings is 2. The Morgan fingerprint density at radius 3 is 2.24 bits per heavy atom. The average molecular weight is 583 g/mol. The van der Waals surface area contributed by atoms with Crippen LogP contribution in [0, 0.1) is 6.92 Å². The molecule has 3 rings (SSSR count). The lowest BCUT2D eigenvalue weighted by Gasteiger charge is -2.41. The molecule has 1 amide bonds. The number of phenols is 1. The summed E-state index contributed by atoms with van der Waals surface area (Å²) < 4.78 is 12.7. The van der Waals surface area contributed by atoms with Crippen LogP contribution in [-0.4, -0.2) is 52.6 Å². The number of hydrogen-bond acceptors (Lipinski definition) is 6. The van der Waals surface area contributed by atoms with Crippen LogP contribution in [0.5, 0.6) is 5.75 Å². The van der Waals surface area contributed by atoms with E-state index in [1.54, 1.807) is 49.9 Å². The fraction of sp³-hybridized carbons (Fsp3) is 0.452. The molecule has 1 aromatic heterocycles. The minimum Gasteiger partial charge on any atom is -0.506 e. The van der Waals surface area contributed by atoms with Crippen molar-refractivity contribution < 1.29 is 29.0 Å². The molecule has 0 spiro atoms. The van der Waals surface area contributed by atoms with Crippen LogP contribution in [0.2, 0.25) is 18.1 Å². The Bertz CT molecular complexity index is 1500. The average Bonchev–Trinajstić information content (AvgIpc) is 2.82. The number of hydrogen-bond donors (Lipinski definition) is 3. The van der Waals surface area contributed by atoms with E-state index in [9.17, 15) is 24.6 Å². The molecular weight excluding hydrogens is 540 g/mol. The van der Waals surface area contributed by atoms with Gasteiger partial charge < -0.3 is 29.3 Å². The molecular formula is C31H42N2O7Si. The number of aryl methyl sites for hydroxylation is 1. The molecule has 10 heteroatoms. The van der Waals surface area contributed by atoms with Gasteiger partial charge in [-0.1, -0.05) is 32.9 Å². The van der Waals surface area contributed by atoms with Crippen LogP contribution < -0.4 is 5.56 Å². The van der Waals surface area contributed by atoms with Gasteiger partial charge in [0.2, 0.25) is 5.56 Å². The summed E-state index contributed by atoms with van der Waals surface area (Å²) in [7, 11) is -2.41. The topological polar surface area (TPSA) is 129 Å². The number of rotatable bonds is 8. The van der Waals surface area contributed by atoms with Crippen molar-refractivity contribution in [1.29, 1.82) is 0 Å². The predicted molar refractivity (Wildman–Crippen MR) is 162 cm³/mol. The summed E-state index contributed by atoms with van der Waals surface area (Å²) in [6.07, 6.45) is -1.17. The number of pyridine rings is 1. The van der Waals surface area contributed by atoms with Crippen molar-refractivity contribution >= 4 is 31.3 Å². The Morgan fingerprint density at radius 2 is 1.68 bits per heavy atom. The van der Waals surface area contributed by atoms with Crippen molar-refractivity contribution in [3.8, 4) is 5.75 Å². The molecule has 0 fully saturated rings. The highest BCUT2D eigenvalue weighted by Crippen LogP contribution is 2.41. The monoisotopic (exact) mass is 582 g/mol. The summed E-state index contributed by atoms with van der Waals surface area (Å²) in [5.41, 5.74) is 1.58. The van der Waals surface area contributed by atoms with E-state index in [0.717, 1.165) is 11.1 Å². The molecule has 2 aromatic carbocycles. The van der Waals surface area contributed by atoms with E-state index in [0.29, 0.717) is 16.5 Å². The number of aromatic amines is 1. The minimum atomic E-state index is -2.41. The molecule has 0 aliphatic carbocycles. The SMILES string of the molecule is Cc1cc(C(=O)O)ccc1CN(CC(O[Si](C)(C)C(C)(C)C)c1ccc(O)c2[nH]c(=O)ccc12)C(=O)OC(C)(C)C. The van der Waals surface area contributed by atoms with Gasteiger partial charge in [0.15, 0.2) is 8.32 Å². The fourth-order valence-corrected chi connectivity index (χ4v) is 5.48. The quantitative estimate of drug-likeness (QED) is 0.251. The normalized spacial score (nSPS) is 13.2. The maximum Gasteiger partial charge on any atom is 0.410 e. The third-order valence-electron chi connectivity index (χ3n) is 7.49. The Hall–Kier alpha value is -3.63. The second-order valence-corrected chi connectivity index (χ2v) is 17.7. The first kappa shape index (κ1) is 31.9. The Morgan fingerprint density at radius 1 is 1.02 bits per heavy atom. The second kappa shape index (κ2) is 11.7. The van der Waals surface area contributed by atoms with Crippen LogP contribution in [0.15, 0.2) is 47.3 Å². The van der Waals surface area contributed by atoms with E-state index in [1.807, 2.05) is 6.92 Å². The first-order valence-corrected chi connectivity index (χ1v) is 16.5. The largest absolute Gasteiger partial charge is 0.506 e. The summed E-state index contributed by atoms with van der Waals surface area (Å²) in [6, 6.07) is 11.1. The maximum atomic E-state index is 13.6. The van der Waals surface area contributed by atoms with Crippen molar-refractivity contribution in [1.82, 2.24) is 9.88 Å². The number of carboxylic acids is 1. The highest BCUT2D eigenvalue weighted by molar-refractivity contribution is 6.74. The third-order valence-corrected chi connectivity index (χ3v) is 12.0. The van der Waals surface area contributed by atoms with Crippen molar-refractivity contribution in [2.45, 2.75) is 84.8 Å². The van der Waals surface area contributed by atoms with Crippen molar-refractivity contribution in [2.75, 3.05) is 6.54 Å². The number of carboxylic acid groups (broad SMARTS) is 1. The Labute approximate surface area is 242 Å². The van der Waals surface area contributed by atoms with Crippen LogP contribution in [0.25, 0.3) is 10.9 Å². The molecule has 9 nitrogen and oxygen atoms in total. The van der Waals surface area contributed by atoms with Gasteiger partial charge in [-0.3, -0.25) is 4.79 Å². The van der Waals surface area contributed by atoms with E-state index < -0.39 is 32.1 Å². The van der Waals surface area contributed by atoms with E-state index in [1.165, 1.54) is 18.2 Å². The van der Waals surface area contributed by atoms with Gasteiger partial charge in [-0.2, -0.15) is 0 Å². The number of aromatic hydroxyl groups is 1. The number of ether oxygens (including phenoxy) is 1. The number of aromatic carboxylic acids is 1. The van der Waals surface area contributed by atoms with Gasteiger partial charge in [0.25, 0.3) is 0 Å². The van der Waals surface area contributed by atoms with Crippen LogP contribution in [0.4, 0.5) is 4.79 Å². The lowest BCUT2D eigenvalue weighted by Crippen LogP contribution is -2.45. The summed E-state index contributed by atoms with van der Waals surface area (Å²) in [5, 5.41) is 20.4. The number of phenolic OH excluding ortho intramolecular Hbond substituents is 1. The number of aromatic nitrogens is 1. The van der Waals surface area contributed by atoms with E-state index >= 15 is 0 Å². The molecule has 222 valence electrons. The molecule has 41 heavy (non-hydrogen) atoms. The minimum absolute atomic E-state index is 0.0642. The lowest BCUT2D eigenvalue weighted by atomic mass is 10.0. The first-order valence-electron chi connectivity index (χ1n) is 13.6. The highest BCUT2D eigenvalue weighted by Gasteiger charge is 2.41. The van der Waals surface area contributed by atoms with Crippen LogP contribution in [0.1, 0.15) is 74.7 Å². The zero-order chi connectivity index (χ0) is 30.9. The highest BCUT2D eigenvalue weighted by atomic mass is 28.4. The molecule has 3 aromatic rings. The number of carbonyl (C=O) groups excluding carboxylic acids is 1. The number of fused-ring (bicyclic) bond motifs is 1. The van der Waals surface area contributed by atoms with Crippen molar-refractivity contribution in [2.24, 2.45) is 0 Å². The first-order chi connectivity index (χ1) is 18.8. The predicted octanol–water partition coefficient (Wildman–Crippen LogP) is 6.74. The van der Waals surface area contributed by atoms with Gasteiger partial charge in [-0.05, 0) is 86.8 Å². The molecule has 0 saturated carbocycles. The van der Waals surface area contributed by atoms with E-state index in [2.05, 4.69) is 38.8 Å². The van der Waals surface area contributed by atoms with E-state index in [4.69, 9.17) is 9.16 Å².